The summed E-state index contributed by atoms with van der Waals surface area (Å²) in [5.74, 6) is 1.12. The molecule has 1 unspecified atom stereocenters. The van der Waals surface area contributed by atoms with Crippen LogP contribution in [0.4, 0.5) is 0 Å². The average molecular weight is 427 g/mol. The number of aliphatic imine (C=N–C) groups is 2. The molecule has 0 aromatic heterocycles. The molecule has 0 saturated carbocycles. The van der Waals surface area contributed by atoms with E-state index in [-0.39, 0.29) is 11.9 Å². The zero-order chi connectivity index (χ0) is 19.4. The molecule has 2 aromatic rings. The van der Waals surface area contributed by atoms with E-state index >= 15 is 0 Å². The number of nitrogens with two attached hydrogens (primary N) is 2. The lowest BCUT2D eigenvalue weighted by molar-refractivity contribution is 0.258. The van der Waals surface area contributed by atoms with E-state index in [0.29, 0.717) is 40.2 Å². The summed E-state index contributed by atoms with van der Waals surface area (Å²) in [5, 5.41) is 1.74. The lowest BCUT2D eigenvalue weighted by atomic mass is 10.1. The molecule has 0 amide bonds. The van der Waals surface area contributed by atoms with Gasteiger partial charge in [0.1, 0.15) is 5.75 Å². The molecule has 1 heterocycles. The highest BCUT2D eigenvalue weighted by atomic mass is 35.5. The van der Waals surface area contributed by atoms with Gasteiger partial charge in [0.05, 0.1) is 6.61 Å². The second-order valence-electron chi connectivity index (χ2n) is 5.85. The van der Waals surface area contributed by atoms with Crippen molar-refractivity contribution in [1.29, 1.82) is 0 Å². The van der Waals surface area contributed by atoms with Crippen LogP contribution in [0.5, 0.6) is 5.75 Å². The Morgan fingerprint density at radius 3 is 2.44 bits per heavy atom. The van der Waals surface area contributed by atoms with Gasteiger partial charge in [0.2, 0.25) is 11.9 Å². The molecule has 0 saturated heterocycles. The fraction of sp³-hybridized carbons (Fsp3) is 0.222. The number of ether oxygens (including phenoxy) is 1. The summed E-state index contributed by atoms with van der Waals surface area (Å²) in [5.41, 5.74) is 12.6. The standard InChI is InChI=1S/C18H18Cl3N5O/c19-11-2-5-13(6-3-11)27-9-1-8-26-16(24-17(22)25-18(26)23)14-10-12(20)4-7-15(14)21/h2-7,10,16H,1,8-9H2,(H4,22,23,24,25). The van der Waals surface area contributed by atoms with Crippen molar-refractivity contribution in [2.24, 2.45) is 21.5 Å². The van der Waals surface area contributed by atoms with E-state index in [2.05, 4.69) is 9.98 Å². The highest BCUT2D eigenvalue weighted by Crippen LogP contribution is 2.32. The number of hydrogen-bond acceptors (Lipinski definition) is 6. The summed E-state index contributed by atoms with van der Waals surface area (Å²) in [4.78, 5) is 10.3. The molecular weight excluding hydrogens is 409 g/mol. The monoisotopic (exact) mass is 425 g/mol. The van der Waals surface area contributed by atoms with Crippen LogP contribution >= 0.6 is 34.8 Å². The molecule has 0 fully saturated rings. The topological polar surface area (TPSA) is 89.2 Å². The molecule has 0 spiro atoms. The van der Waals surface area contributed by atoms with Crippen LogP contribution in [0.1, 0.15) is 18.2 Å². The molecule has 27 heavy (non-hydrogen) atoms. The molecule has 0 aliphatic carbocycles. The van der Waals surface area contributed by atoms with Crippen LogP contribution in [0.25, 0.3) is 0 Å². The van der Waals surface area contributed by atoms with Crippen LogP contribution < -0.4 is 16.2 Å². The number of hydrogen-bond donors (Lipinski definition) is 2. The van der Waals surface area contributed by atoms with Crippen LogP contribution in [-0.2, 0) is 0 Å². The highest BCUT2D eigenvalue weighted by molar-refractivity contribution is 6.33. The van der Waals surface area contributed by atoms with E-state index in [1.807, 2.05) is 17.0 Å². The Bertz CT molecular complexity index is 870. The molecular formula is C18H18Cl3N5O. The van der Waals surface area contributed by atoms with Gasteiger partial charge in [-0.2, -0.15) is 4.99 Å². The first-order chi connectivity index (χ1) is 12.9. The number of guanidine groups is 2. The molecule has 0 radical (unpaired) electrons. The molecule has 1 aliphatic rings. The minimum absolute atomic E-state index is 0.0993. The predicted octanol–water partition coefficient (Wildman–Crippen LogP) is 4.06. The molecule has 0 bridgehead atoms. The number of nitrogens with zero attached hydrogens (tertiary/aromatic N) is 3. The van der Waals surface area contributed by atoms with Crippen molar-refractivity contribution in [1.82, 2.24) is 4.90 Å². The zero-order valence-electron chi connectivity index (χ0n) is 14.3. The Morgan fingerprint density at radius 2 is 1.70 bits per heavy atom. The maximum Gasteiger partial charge on any atom is 0.220 e. The molecule has 1 aliphatic heterocycles. The van der Waals surface area contributed by atoms with Gasteiger partial charge in [-0.25, -0.2) is 4.99 Å². The van der Waals surface area contributed by atoms with Crippen LogP contribution in [0, 0.1) is 0 Å². The van der Waals surface area contributed by atoms with Gasteiger partial charge in [-0.05, 0) is 48.9 Å². The maximum absolute atomic E-state index is 6.33. The Morgan fingerprint density at radius 1 is 1.00 bits per heavy atom. The molecule has 4 N–H and O–H groups in total. The van der Waals surface area contributed by atoms with Crippen molar-refractivity contribution < 1.29 is 4.74 Å². The third-order valence-corrected chi connectivity index (χ3v) is 4.77. The van der Waals surface area contributed by atoms with Gasteiger partial charge in [0, 0.05) is 27.2 Å². The number of halogens is 3. The van der Waals surface area contributed by atoms with Crippen molar-refractivity contribution in [3.8, 4) is 5.75 Å². The van der Waals surface area contributed by atoms with Gasteiger partial charge in [-0.15, -0.1) is 0 Å². The number of rotatable bonds is 6. The third kappa shape index (κ3) is 4.97. The first kappa shape index (κ1) is 19.6. The van der Waals surface area contributed by atoms with Gasteiger partial charge in [0.25, 0.3) is 0 Å². The maximum atomic E-state index is 6.33. The van der Waals surface area contributed by atoms with Crippen molar-refractivity contribution in [3.63, 3.8) is 0 Å². The Kier molecular flexibility index (Phi) is 6.31. The fourth-order valence-corrected chi connectivity index (χ4v) is 3.19. The first-order valence-electron chi connectivity index (χ1n) is 8.21. The normalized spacial score (nSPS) is 16.7. The van der Waals surface area contributed by atoms with Gasteiger partial charge < -0.3 is 21.1 Å². The van der Waals surface area contributed by atoms with Crippen LogP contribution in [0.15, 0.2) is 52.4 Å². The molecule has 142 valence electrons. The summed E-state index contributed by atoms with van der Waals surface area (Å²) in [6.45, 7) is 1.04. The smallest absolute Gasteiger partial charge is 0.220 e. The SMILES string of the molecule is NC1=NC(c2cc(Cl)ccc2Cl)N(CCCOc2ccc(Cl)cc2)C(N)=N1. The van der Waals surface area contributed by atoms with E-state index in [1.54, 1.807) is 30.3 Å². The van der Waals surface area contributed by atoms with Crippen molar-refractivity contribution in [2.75, 3.05) is 13.2 Å². The summed E-state index contributed by atoms with van der Waals surface area (Å²) < 4.78 is 5.72. The molecule has 9 heteroatoms. The quantitative estimate of drug-likeness (QED) is 0.682. The average Bonchev–Trinajstić information content (AvgIpc) is 2.63. The predicted molar refractivity (Wildman–Crippen MR) is 111 cm³/mol. The highest BCUT2D eigenvalue weighted by Gasteiger charge is 2.27. The van der Waals surface area contributed by atoms with Crippen LogP contribution in [0.3, 0.4) is 0 Å². The zero-order valence-corrected chi connectivity index (χ0v) is 16.5. The van der Waals surface area contributed by atoms with E-state index in [1.165, 1.54) is 0 Å². The second kappa shape index (κ2) is 8.69. The van der Waals surface area contributed by atoms with Crippen molar-refractivity contribution in [3.05, 3.63) is 63.1 Å². The van der Waals surface area contributed by atoms with Gasteiger partial charge in [0.15, 0.2) is 6.17 Å². The molecule has 3 rings (SSSR count). The lowest BCUT2D eigenvalue weighted by Crippen LogP contribution is -2.45. The summed E-state index contributed by atoms with van der Waals surface area (Å²) in [7, 11) is 0. The second-order valence-corrected chi connectivity index (χ2v) is 7.13. The van der Waals surface area contributed by atoms with Crippen LogP contribution in [-0.4, -0.2) is 30.0 Å². The first-order valence-corrected chi connectivity index (χ1v) is 9.35. The fourth-order valence-electron chi connectivity index (χ4n) is 2.67. The summed E-state index contributed by atoms with van der Waals surface area (Å²) in [6.07, 6.45) is 0.187. The van der Waals surface area contributed by atoms with Gasteiger partial charge in [-0.1, -0.05) is 34.8 Å². The van der Waals surface area contributed by atoms with E-state index in [9.17, 15) is 0 Å². The van der Waals surface area contributed by atoms with Crippen molar-refractivity contribution in [2.45, 2.75) is 12.6 Å². The molecule has 2 aromatic carbocycles. The van der Waals surface area contributed by atoms with Gasteiger partial charge >= 0.3 is 0 Å². The Hall–Kier alpha value is -2.15. The molecule has 6 nitrogen and oxygen atoms in total. The largest absolute Gasteiger partial charge is 0.494 e. The number of benzene rings is 2. The summed E-state index contributed by atoms with van der Waals surface area (Å²) >= 11 is 18.3. The van der Waals surface area contributed by atoms with E-state index in [4.69, 9.17) is 51.0 Å². The van der Waals surface area contributed by atoms with E-state index in [0.717, 1.165) is 5.75 Å². The summed E-state index contributed by atoms with van der Waals surface area (Å²) in [6, 6.07) is 12.4. The minimum Gasteiger partial charge on any atom is -0.494 e. The minimum atomic E-state index is -0.496. The van der Waals surface area contributed by atoms with E-state index < -0.39 is 6.17 Å². The molecule has 1 atom stereocenters. The Labute approximate surface area is 172 Å². The van der Waals surface area contributed by atoms with Crippen LogP contribution in [0.2, 0.25) is 15.1 Å². The van der Waals surface area contributed by atoms with Gasteiger partial charge in [-0.3, -0.25) is 0 Å². The third-order valence-electron chi connectivity index (χ3n) is 3.94. The van der Waals surface area contributed by atoms with Crippen molar-refractivity contribution >= 4 is 46.7 Å². The lowest BCUT2D eigenvalue weighted by Gasteiger charge is -2.33. The Balaban J connectivity index is 1.68.